The summed E-state index contributed by atoms with van der Waals surface area (Å²) in [4.78, 5) is 11.8. The van der Waals surface area contributed by atoms with Crippen LogP contribution in [-0.4, -0.2) is 31.7 Å². The summed E-state index contributed by atoms with van der Waals surface area (Å²) in [6, 6.07) is 3.85. The van der Waals surface area contributed by atoms with Gasteiger partial charge in [-0.25, -0.2) is 4.39 Å². The third kappa shape index (κ3) is 3.66. The Bertz CT molecular complexity index is 436. The van der Waals surface area contributed by atoms with Crippen LogP contribution < -0.4 is 10.6 Å². The van der Waals surface area contributed by atoms with Gasteiger partial charge in [0.15, 0.2) is 0 Å². The number of nitrogens with one attached hydrogen (secondary N) is 2. The first kappa shape index (κ1) is 13.3. The SMILES string of the molecule is O=C(CC1COCCN1)Nc1cc(F)ccc1Cl. The molecule has 0 aliphatic carbocycles. The number of hydrogen-bond acceptors (Lipinski definition) is 3. The number of rotatable bonds is 3. The summed E-state index contributed by atoms with van der Waals surface area (Å²) >= 11 is 5.86. The molecule has 1 fully saturated rings. The maximum Gasteiger partial charge on any atom is 0.226 e. The summed E-state index contributed by atoms with van der Waals surface area (Å²) in [5, 5.41) is 6.08. The van der Waals surface area contributed by atoms with E-state index in [1.807, 2.05) is 0 Å². The fourth-order valence-electron chi connectivity index (χ4n) is 1.77. The minimum Gasteiger partial charge on any atom is -0.378 e. The van der Waals surface area contributed by atoms with Crippen molar-refractivity contribution in [1.82, 2.24) is 5.32 Å². The molecule has 98 valence electrons. The topological polar surface area (TPSA) is 50.4 Å². The van der Waals surface area contributed by atoms with E-state index in [-0.39, 0.29) is 18.4 Å². The Morgan fingerprint density at radius 2 is 2.44 bits per heavy atom. The highest BCUT2D eigenvalue weighted by molar-refractivity contribution is 6.33. The number of ether oxygens (including phenoxy) is 1. The van der Waals surface area contributed by atoms with Gasteiger partial charge in [-0.05, 0) is 18.2 Å². The molecule has 1 unspecified atom stereocenters. The Hall–Kier alpha value is -1.17. The number of hydrogen-bond donors (Lipinski definition) is 2. The van der Waals surface area contributed by atoms with Crippen LogP contribution in [0, 0.1) is 5.82 Å². The van der Waals surface area contributed by atoms with Gasteiger partial charge in [0.1, 0.15) is 5.82 Å². The predicted octanol–water partition coefficient (Wildman–Crippen LogP) is 1.80. The highest BCUT2D eigenvalue weighted by Crippen LogP contribution is 2.22. The van der Waals surface area contributed by atoms with Crippen LogP contribution in [0.5, 0.6) is 0 Å². The molecule has 0 saturated carbocycles. The van der Waals surface area contributed by atoms with E-state index in [2.05, 4.69) is 10.6 Å². The lowest BCUT2D eigenvalue weighted by atomic mass is 10.2. The lowest BCUT2D eigenvalue weighted by molar-refractivity contribution is -0.117. The second kappa shape index (κ2) is 6.13. The standard InChI is InChI=1S/C12H14ClFN2O2/c13-10-2-1-8(14)5-11(10)16-12(17)6-9-7-18-4-3-15-9/h1-2,5,9,15H,3-4,6-7H2,(H,16,17). The van der Waals surface area contributed by atoms with Crippen LogP contribution >= 0.6 is 11.6 Å². The van der Waals surface area contributed by atoms with Crippen molar-refractivity contribution in [2.45, 2.75) is 12.5 Å². The molecular formula is C12H14ClFN2O2. The van der Waals surface area contributed by atoms with Gasteiger partial charge in [0.25, 0.3) is 0 Å². The van der Waals surface area contributed by atoms with Crippen molar-refractivity contribution in [2.24, 2.45) is 0 Å². The summed E-state index contributed by atoms with van der Waals surface area (Å²) < 4.78 is 18.3. The molecular weight excluding hydrogens is 259 g/mol. The van der Waals surface area contributed by atoms with Gasteiger partial charge in [-0.15, -0.1) is 0 Å². The maximum atomic E-state index is 13.0. The van der Waals surface area contributed by atoms with E-state index in [1.165, 1.54) is 18.2 Å². The van der Waals surface area contributed by atoms with Gasteiger partial charge in [-0.3, -0.25) is 4.79 Å². The van der Waals surface area contributed by atoms with Crippen molar-refractivity contribution in [3.05, 3.63) is 29.0 Å². The van der Waals surface area contributed by atoms with Crippen LogP contribution in [0.4, 0.5) is 10.1 Å². The molecule has 2 rings (SSSR count). The molecule has 1 aromatic rings. The number of morpholine rings is 1. The predicted molar refractivity (Wildman–Crippen MR) is 67.3 cm³/mol. The molecule has 2 N–H and O–H groups in total. The van der Waals surface area contributed by atoms with Gasteiger partial charge in [-0.2, -0.15) is 0 Å². The summed E-state index contributed by atoms with van der Waals surface area (Å²) in [7, 11) is 0. The zero-order valence-corrected chi connectivity index (χ0v) is 10.5. The van der Waals surface area contributed by atoms with Crippen molar-refractivity contribution in [3.8, 4) is 0 Å². The molecule has 1 heterocycles. The smallest absolute Gasteiger partial charge is 0.226 e. The molecule has 0 radical (unpaired) electrons. The maximum absolute atomic E-state index is 13.0. The average molecular weight is 273 g/mol. The Morgan fingerprint density at radius 3 is 3.17 bits per heavy atom. The monoisotopic (exact) mass is 272 g/mol. The quantitative estimate of drug-likeness (QED) is 0.882. The first-order chi connectivity index (χ1) is 8.65. The van der Waals surface area contributed by atoms with Crippen molar-refractivity contribution in [1.29, 1.82) is 0 Å². The molecule has 1 aliphatic heterocycles. The molecule has 0 spiro atoms. The van der Waals surface area contributed by atoms with E-state index in [0.717, 1.165) is 6.54 Å². The molecule has 1 saturated heterocycles. The second-order valence-electron chi connectivity index (χ2n) is 4.10. The number of carbonyl (C=O) groups is 1. The summed E-state index contributed by atoms with van der Waals surface area (Å²) in [6.07, 6.45) is 0.271. The number of anilines is 1. The number of amides is 1. The van der Waals surface area contributed by atoms with E-state index in [1.54, 1.807) is 0 Å². The third-order valence-corrected chi connectivity index (χ3v) is 2.96. The fraction of sp³-hybridized carbons (Fsp3) is 0.417. The Kier molecular flexibility index (Phi) is 4.52. The van der Waals surface area contributed by atoms with E-state index in [9.17, 15) is 9.18 Å². The molecule has 0 bridgehead atoms. The first-order valence-corrected chi connectivity index (χ1v) is 6.09. The van der Waals surface area contributed by atoms with Gasteiger partial charge in [-0.1, -0.05) is 11.6 Å². The number of carbonyl (C=O) groups excluding carboxylic acids is 1. The Balaban J connectivity index is 1.92. The first-order valence-electron chi connectivity index (χ1n) is 5.71. The molecule has 1 atom stereocenters. The molecule has 0 aromatic heterocycles. The van der Waals surface area contributed by atoms with E-state index in [4.69, 9.17) is 16.3 Å². The van der Waals surface area contributed by atoms with Crippen LogP contribution in [0.2, 0.25) is 5.02 Å². The molecule has 6 heteroatoms. The normalized spacial score (nSPS) is 19.6. The molecule has 4 nitrogen and oxygen atoms in total. The third-order valence-electron chi connectivity index (χ3n) is 2.63. The van der Waals surface area contributed by atoms with Crippen molar-refractivity contribution in [3.63, 3.8) is 0 Å². The lowest BCUT2D eigenvalue weighted by Crippen LogP contribution is -2.43. The van der Waals surface area contributed by atoms with E-state index >= 15 is 0 Å². The fourth-order valence-corrected chi connectivity index (χ4v) is 1.93. The van der Waals surface area contributed by atoms with Gasteiger partial charge < -0.3 is 15.4 Å². The summed E-state index contributed by atoms with van der Waals surface area (Å²) in [5.41, 5.74) is 0.290. The van der Waals surface area contributed by atoms with E-state index < -0.39 is 5.82 Å². The second-order valence-corrected chi connectivity index (χ2v) is 4.51. The van der Waals surface area contributed by atoms with Crippen molar-refractivity contribution < 1.29 is 13.9 Å². The minimum absolute atomic E-state index is 0.00825. The largest absolute Gasteiger partial charge is 0.378 e. The zero-order chi connectivity index (χ0) is 13.0. The molecule has 18 heavy (non-hydrogen) atoms. The highest BCUT2D eigenvalue weighted by Gasteiger charge is 2.17. The lowest BCUT2D eigenvalue weighted by Gasteiger charge is -2.23. The highest BCUT2D eigenvalue weighted by atomic mass is 35.5. The van der Waals surface area contributed by atoms with E-state index in [0.29, 0.717) is 23.9 Å². The van der Waals surface area contributed by atoms with Crippen molar-refractivity contribution >= 4 is 23.2 Å². The van der Waals surface area contributed by atoms with Crippen LogP contribution in [0.1, 0.15) is 6.42 Å². The number of benzene rings is 1. The molecule has 1 amide bonds. The van der Waals surface area contributed by atoms with Gasteiger partial charge in [0.05, 0.1) is 23.9 Å². The van der Waals surface area contributed by atoms with Crippen LogP contribution in [0.25, 0.3) is 0 Å². The van der Waals surface area contributed by atoms with Crippen molar-refractivity contribution in [2.75, 3.05) is 25.1 Å². The van der Waals surface area contributed by atoms with Crippen LogP contribution in [-0.2, 0) is 9.53 Å². The molecule has 1 aromatic carbocycles. The van der Waals surface area contributed by atoms with Crippen LogP contribution in [0.15, 0.2) is 18.2 Å². The van der Waals surface area contributed by atoms with Gasteiger partial charge >= 0.3 is 0 Å². The summed E-state index contributed by atoms with van der Waals surface area (Å²) in [6.45, 7) is 1.90. The summed E-state index contributed by atoms with van der Waals surface area (Å²) in [5.74, 6) is -0.653. The average Bonchev–Trinajstić information content (AvgIpc) is 2.35. The number of halogens is 2. The van der Waals surface area contributed by atoms with Crippen LogP contribution in [0.3, 0.4) is 0 Å². The Labute approximate surface area is 109 Å². The zero-order valence-electron chi connectivity index (χ0n) is 9.71. The Morgan fingerprint density at radius 1 is 1.61 bits per heavy atom. The van der Waals surface area contributed by atoms with Gasteiger partial charge in [0, 0.05) is 19.0 Å². The van der Waals surface area contributed by atoms with Gasteiger partial charge in [0.2, 0.25) is 5.91 Å². The minimum atomic E-state index is -0.436. The molecule has 1 aliphatic rings.